The minimum Gasteiger partial charge on any atom is -0.356 e. The highest BCUT2D eigenvalue weighted by Gasteiger charge is 2.14. The molecule has 2 N–H and O–H groups in total. The molecule has 0 unspecified atom stereocenters. The van der Waals surface area contributed by atoms with Crippen LogP contribution in [0.4, 0.5) is 0 Å². The summed E-state index contributed by atoms with van der Waals surface area (Å²) < 4.78 is 1.95. The number of hydrogen-bond acceptors (Lipinski definition) is 3. The van der Waals surface area contributed by atoms with E-state index in [1.54, 1.807) is 0 Å². The molecular formula is C24H30N6. The highest BCUT2D eigenvalue weighted by Crippen LogP contribution is 2.27. The average Bonchev–Trinajstić information content (AvgIpc) is 3.11. The molecule has 156 valence electrons. The summed E-state index contributed by atoms with van der Waals surface area (Å²) in [6, 6.07) is 21.3. The molecule has 0 aliphatic carbocycles. The number of nitrogens with one attached hydrogen (secondary N) is 2. The number of aromatic nitrogens is 3. The smallest absolute Gasteiger partial charge is 0.191 e. The Morgan fingerprint density at radius 2 is 1.67 bits per heavy atom. The topological polar surface area (TPSA) is 67.1 Å². The Kier molecular flexibility index (Phi) is 7.78. The molecule has 1 heterocycles. The first-order valence-corrected chi connectivity index (χ1v) is 10.3. The molecule has 0 radical (unpaired) electrons. The highest BCUT2D eigenvalue weighted by atomic mass is 15.3. The second-order valence-electron chi connectivity index (χ2n) is 7.15. The highest BCUT2D eigenvalue weighted by molar-refractivity contribution is 5.79. The monoisotopic (exact) mass is 402 g/mol. The normalized spacial score (nSPS) is 11.5. The van der Waals surface area contributed by atoms with Crippen LogP contribution in [0.25, 0.3) is 0 Å². The van der Waals surface area contributed by atoms with Gasteiger partial charge in [-0.3, -0.25) is 0 Å². The lowest BCUT2D eigenvalue weighted by Crippen LogP contribution is -2.38. The van der Waals surface area contributed by atoms with Gasteiger partial charge in [0.2, 0.25) is 0 Å². The second kappa shape index (κ2) is 11.0. The fraction of sp³-hybridized carbons (Fsp3) is 0.292. The van der Waals surface area contributed by atoms with E-state index in [-0.39, 0.29) is 0 Å². The maximum absolute atomic E-state index is 4.67. The van der Waals surface area contributed by atoms with Crippen molar-refractivity contribution < 1.29 is 0 Å². The largest absolute Gasteiger partial charge is 0.356 e. The Hall–Kier alpha value is -3.41. The first kappa shape index (κ1) is 21.3. The summed E-state index contributed by atoms with van der Waals surface area (Å²) in [6.07, 6.45) is 2.77. The van der Waals surface area contributed by atoms with Crippen LogP contribution in [0.1, 0.15) is 35.1 Å². The maximum Gasteiger partial charge on any atom is 0.191 e. The molecule has 3 aromatic rings. The fourth-order valence-corrected chi connectivity index (χ4v) is 3.31. The van der Waals surface area contributed by atoms with E-state index in [0.717, 1.165) is 30.6 Å². The van der Waals surface area contributed by atoms with Crippen LogP contribution in [0, 0.1) is 6.92 Å². The van der Waals surface area contributed by atoms with Gasteiger partial charge in [0.05, 0.1) is 0 Å². The number of guanidine groups is 1. The lowest BCUT2D eigenvalue weighted by Gasteiger charge is -2.19. The van der Waals surface area contributed by atoms with Crippen molar-refractivity contribution in [3.8, 4) is 0 Å². The van der Waals surface area contributed by atoms with Gasteiger partial charge in [-0.05, 0) is 24.5 Å². The zero-order chi connectivity index (χ0) is 21.2. The summed E-state index contributed by atoms with van der Waals surface area (Å²) in [6.45, 7) is 7.61. The van der Waals surface area contributed by atoms with E-state index in [0.29, 0.717) is 19.0 Å². The zero-order valence-corrected chi connectivity index (χ0v) is 17.8. The van der Waals surface area contributed by atoms with Gasteiger partial charge in [-0.25, -0.2) is 4.99 Å². The van der Waals surface area contributed by atoms with Crippen LogP contribution in [-0.4, -0.2) is 33.8 Å². The molecule has 0 aliphatic rings. The summed E-state index contributed by atoms with van der Waals surface area (Å²) in [5.74, 6) is 2.78. The van der Waals surface area contributed by atoms with Crippen molar-refractivity contribution in [2.45, 2.75) is 25.8 Å². The lowest BCUT2D eigenvalue weighted by molar-refractivity contribution is 0.678. The first-order valence-electron chi connectivity index (χ1n) is 10.3. The molecule has 0 saturated heterocycles. The third-order valence-electron chi connectivity index (χ3n) is 5.10. The minimum atomic E-state index is 0.321. The predicted molar refractivity (Wildman–Crippen MR) is 122 cm³/mol. The molecule has 0 bridgehead atoms. The molecule has 0 amide bonds. The van der Waals surface area contributed by atoms with Crippen molar-refractivity contribution in [3.05, 3.63) is 96.1 Å². The van der Waals surface area contributed by atoms with Crippen molar-refractivity contribution in [1.29, 1.82) is 0 Å². The van der Waals surface area contributed by atoms with Gasteiger partial charge in [0.15, 0.2) is 11.8 Å². The summed E-state index contributed by atoms with van der Waals surface area (Å²) >= 11 is 0. The minimum absolute atomic E-state index is 0.321. The third kappa shape index (κ3) is 5.80. The molecule has 0 atom stereocenters. The van der Waals surface area contributed by atoms with Crippen LogP contribution >= 0.6 is 0 Å². The number of benzene rings is 2. The van der Waals surface area contributed by atoms with Gasteiger partial charge in [0, 0.05) is 26.1 Å². The van der Waals surface area contributed by atoms with Gasteiger partial charge in [-0.15, -0.1) is 16.8 Å². The SMILES string of the molecule is C=CCNC(=NCc1nnc(C)n1C)NCCC(c1ccccc1)c1ccccc1. The Labute approximate surface area is 178 Å². The molecule has 30 heavy (non-hydrogen) atoms. The maximum atomic E-state index is 4.67. The van der Waals surface area contributed by atoms with E-state index in [2.05, 4.69) is 93.1 Å². The van der Waals surface area contributed by atoms with Gasteiger partial charge in [-0.2, -0.15) is 0 Å². The number of rotatable bonds is 9. The van der Waals surface area contributed by atoms with Gasteiger partial charge in [0.1, 0.15) is 12.4 Å². The Morgan fingerprint density at radius 3 is 2.20 bits per heavy atom. The summed E-state index contributed by atoms with van der Waals surface area (Å²) in [5.41, 5.74) is 2.63. The Bertz CT molecular complexity index is 907. The lowest BCUT2D eigenvalue weighted by atomic mass is 9.88. The number of aryl methyl sites for hydroxylation is 1. The van der Waals surface area contributed by atoms with E-state index < -0.39 is 0 Å². The molecule has 0 spiro atoms. The van der Waals surface area contributed by atoms with Gasteiger partial charge >= 0.3 is 0 Å². The number of aliphatic imine (C=N–C) groups is 1. The van der Waals surface area contributed by atoms with E-state index >= 15 is 0 Å². The Morgan fingerprint density at radius 1 is 1.03 bits per heavy atom. The van der Waals surface area contributed by atoms with E-state index in [4.69, 9.17) is 0 Å². The molecule has 3 rings (SSSR count). The van der Waals surface area contributed by atoms with Crippen molar-refractivity contribution in [1.82, 2.24) is 25.4 Å². The average molecular weight is 403 g/mol. The van der Waals surface area contributed by atoms with Crippen molar-refractivity contribution in [2.24, 2.45) is 12.0 Å². The van der Waals surface area contributed by atoms with Crippen LogP contribution < -0.4 is 10.6 Å². The molecule has 2 aromatic carbocycles. The summed E-state index contributed by atoms with van der Waals surface area (Å²) in [5, 5.41) is 15.0. The molecule has 0 aliphatic heterocycles. The van der Waals surface area contributed by atoms with Gasteiger partial charge < -0.3 is 15.2 Å². The van der Waals surface area contributed by atoms with E-state index in [1.807, 2.05) is 24.6 Å². The molecule has 0 saturated carbocycles. The molecule has 6 heteroatoms. The molecule has 6 nitrogen and oxygen atoms in total. The van der Waals surface area contributed by atoms with E-state index in [1.165, 1.54) is 11.1 Å². The van der Waals surface area contributed by atoms with Gasteiger partial charge in [0.25, 0.3) is 0 Å². The van der Waals surface area contributed by atoms with Crippen molar-refractivity contribution >= 4 is 5.96 Å². The van der Waals surface area contributed by atoms with Crippen molar-refractivity contribution in [3.63, 3.8) is 0 Å². The van der Waals surface area contributed by atoms with Crippen LogP contribution in [0.3, 0.4) is 0 Å². The van der Waals surface area contributed by atoms with Crippen LogP contribution in [0.2, 0.25) is 0 Å². The summed E-state index contributed by atoms with van der Waals surface area (Å²) in [7, 11) is 1.95. The van der Waals surface area contributed by atoms with Gasteiger partial charge in [-0.1, -0.05) is 66.7 Å². The number of nitrogens with zero attached hydrogens (tertiary/aromatic N) is 4. The fourth-order valence-electron chi connectivity index (χ4n) is 3.31. The second-order valence-corrected chi connectivity index (χ2v) is 7.15. The first-order chi connectivity index (χ1) is 14.7. The summed E-state index contributed by atoms with van der Waals surface area (Å²) in [4.78, 5) is 4.67. The Balaban J connectivity index is 1.67. The van der Waals surface area contributed by atoms with Crippen LogP contribution in [0.15, 0.2) is 78.3 Å². The van der Waals surface area contributed by atoms with E-state index in [9.17, 15) is 0 Å². The number of hydrogen-bond donors (Lipinski definition) is 2. The standard InChI is InChI=1S/C24H30N6/c1-4-16-25-24(27-18-23-29-28-19(2)30(23)3)26-17-15-22(20-11-7-5-8-12-20)21-13-9-6-10-14-21/h4-14,22H,1,15-18H2,2-3H3,(H2,25,26,27). The van der Waals surface area contributed by atoms with Crippen LogP contribution in [-0.2, 0) is 13.6 Å². The molecule has 0 fully saturated rings. The quantitative estimate of drug-likeness (QED) is 0.326. The zero-order valence-electron chi connectivity index (χ0n) is 17.8. The van der Waals surface area contributed by atoms with Crippen molar-refractivity contribution in [2.75, 3.05) is 13.1 Å². The van der Waals surface area contributed by atoms with Crippen LogP contribution in [0.5, 0.6) is 0 Å². The predicted octanol–water partition coefficient (Wildman–Crippen LogP) is 3.57. The molecule has 1 aromatic heterocycles. The third-order valence-corrected chi connectivity index (χ3v) is 5.10. The molecular weight excluding hydrogens is 372 g/mol.